The first-order valence-corrected chi connectivity index (χ1v) is 6.63. The minimum absolute atomic E-state index is 0.560. The van der Waals surface area contributed by atoms with Gasteiger partial charge in [0, 0.05) is 5.56 Å². The molecule has 1 amide bonds. The van der Waals surface area contributed by atoms with Crippen molar-refractivity contribution >= 4 is 22.6 Å². The zero-order chi connectivity index (χ0) is 14.1. The number of methoxy groups -OCH3 is 1. The lowest BCUT2D eigenvalue weighted by molar-refractivity contribution is 0.171. The molecule has 20 heavy (non-hydrogen) atoms. The summed E-state index contributed by atoms with van der Waals surface area (Å²) >= 11 is 0. The van der Waals surface area contributed by atoms with Crippen molar-refractivity contribution < 1.29 is 9.53 Å². The number of amides is 1. The van der Waals surface area contributed by atoms with Gasteiger partial charge in [-0.25, -0.2) is 10.2 Å². The summed E-state index contributed by atoms with van der Waals surface area (Å²) in [6, 6.07) is 10.6. The maximum Gasteiger partial charge on any atom is 0.427 e. The average molecular weight is 268 g/mol. The highest BCUT2D eigenvalue weighted by molar-refractivity contribution is 6.11. The Morgan fingerprint density at radius 2 is 1.95 bits per heavy atom. The summed E-state index contributed by atoms with van der Waals surface area (Å²) in [7, 11) is 1.32. The molecule has 0 heterocycles. The third-order valence-corrected chi connectivity index (χ3v) is 3.77. The van der Waals surface area contributed by atoms with Gasteiger partial charge in [-0.05, 0) is 41.7 Å². The minimum Gasteiger partial charge on any atom is -0.452 e. The largest absolute Gasteiger partial charge is 0.452 e. The van der Waals surface area contributed by atoms with E-state index in [2.05, 4.69) is 45.6 Å². The second kappa shape index (κ2) is 4.96. The van der Waals surface area contributed by atoms with Crippen LogP contribution in [-0.4, -0.2) is 18.9 Å². The van der Waals surface area contributed by atoms with Gasteiger partial charge in [0.1, 0.15) is 0 Å². The van der Waals surface area contributed by atoms with E-state index in [9.17, 15) is 4.79 Å². The third kappa shape index (κ3) is 2.03. The number of hydrogen-bond acceptors (Lipinski definition) is 3. The molecule has 0 saturated heterocycles. The van der Waals surface area contributed by atoms with Gasteiger partial charge in [0.2, 0.25) is 0 Å². The number of rotatable bonds is 2. The van der Waals surface area contributed by atoms with Crippen molar-refractivity contribution in [2.45, 2.75) is 19.8 Å². The Bertz CT molecular complexity index is 709. The van der Waals surface area contributed by atoms with E-state index < -0.39 is 6.09 Å². The summed E-state index contributed by atoms with van der Waals surface area (Å²) in [5.41, 5.74) is 6.97. The van der Waals surface area contributed by atoms with Gasteiger partial charge in [0.15, 0.2) is 0 Å². The van der Waals surface area contributed by atoms with Crippen LogP contribution >= 0.6 is 0 Å². The Hall–Kier alpha value is -2.36. The van der Waals surface area contributed by atoms with Crippen LogP contribution < -0.4 is 5.43 Å². The quantitative estimate of drug-likeness (QED) is 0.672. The van der Waals surface area contributed by atoms with Crippen LogP contribution in [0, 0.1) is 0 Å². The Labute approximate surface area is 117 Å². The van der Waals surface area contributed by atoms with E-state index in [0.717, 1.165) is 24.1 Å². The Balaban J connectivity index is 2.07. The maximum atomic E-state index is 11.1. The number of hydrogen-bond donors (Lipinski definition) is 1. The number of carbonyl (C=O) groups excluding carboxylic acids is 1. The maximum absolute atomic E-state index is 11.1. The summed E-state index contributed by atoms with van der Waals surface area (Å²) in [5, 5.41) is 6.63. The molecule has 0 fully saturated rings. The summed E-state index contributed by atoms with van der Waals surface area (Å²) < 4.78 is 4.52. The fourth-order valence-corrected chi connectivity index (χ4v) is 2.80. The van der Waals surface area contributed by atoms with Crippen molar-refractivity contribution in [3.63, 3.8) is 0 Å². The normalized spacial score (nSPS) is 13.6. The van der Waals surface area contributed by atoms with Crippen molar-refractivity contribution in [3.8, 4) is 0 Å². The number of carbonyl (C=O) groups is 1. The highest BCUT2D eigenvalue weighted by Gasteiger charge is 2.16. The van der Waals surface area contributed by atoms with Crippen molar-refractivity contribution in [2.75, 3.05) is 7.11 Å². The van der Waals surface area contributed by atoms with Gasteiger partial charge >= 0.3 is 6.09 Å². The second-order valence-corrected chi connectivity index (χ2v) is 4.91. The molecule has 0 radical (unpaired) electrons. The van der Waals surface area contributed by atoms with Crippen LogP contribution in [0.2, 0.25) is 0 Å². The monoisotopic (exact) mass is 268 g/mol. The average Bonchev–Trinajstić information content (AvgIpc) is 2.90. The van der Waals surface area contributed by atoms with Gasteiger partial charge in [-0.3, -0.25) is 0 Å². The lowest BCUT2D eigenvalue weighted by Gasteiger charge is -2.08. The Kier molecular flexibility index (Phi) is 3.14. The first-order valence-electron chi connectivity index (χ1n) is 6.63. The van der Waals surface area contributed by atoms with E-state index >= 15 is 0 Å². The molecule has 0 bridgehead atoms. The van der Waals surface area contributed by atoms with Gasteiger partial charge in [0.25, 0.3) is 0 Å². The lowest BCUT2D eigenvalue weighted by Crippen LogP contribution is -2.18. The molecule has 0 saturated carbocycles. The molecule has 2 aromatic rings. The van der Waals surface area contributed by atoms with Crippen molar-refractivity contribution in [2.24, 2.45) is 5.10 Å². The second-order valence-electron chi connectivity index (χ2n) is 4.91. The first-order chi connectivity index (χ1) is 9.70. The molecule has 2 aromatic carbocycles. The van der Waals surface area contributed by atoms with Crippen molar-refractivity contribution in [1.82, 2.24) is 5.43 Å². The predicted molar refractivity (Wildman–Crippen MR) is 79.1 cm³/mol. The summed E-state index contributed by atoms with van der Waals surface area (Å²) in [4.78, 5) is 11.1. The van der Waals surface area contributed by atoms with Crippen LogP contribution in [0.3, 0.4) is 0 Å². The molecular formula is C16H16N2O2. The zero-order valence-corrected chi connectivity index (χ0v) is 11.6. The molecule has 0 aromatic heterocycles. The SMILES string of the molecule is COC(=O)NN=C(C)c1ccc2c3c(cccc13)CC2. The zero-order valence-electron chi connectivity index (χ0n) is 11.6. The van der Waals surface area contributed by atoms with Crippen LogP contribution in [0.5, 0.6) is 0 Å². The lowest BCUT2D eigenvalue weighted by atomic mass is 9.98. The molecule has 4 heteroatoms. The summed E-state index contributed by atoms with van der Waals surface area (Å²) in [6.07, 6.45) is 1.65. The molecule has 0 atom stereocenters. The number of ether oxygens (including phenoxy) is 1. The van der Waals surface area contributed by atoms with Gasteiger partial charge < -0.3 is 4.74 Å². The van der Waals surface area contributed by atoms with Crippen LogP contribution in [0.1, 0.15) is 23.6 Å². The van der Waals surface area contributed by atoms with E-state index in [1.54, 1.807) is 0 Å². The van der Waals surface area contributed by atoms with Crippen LogP contribution in [0.15, 0.2) is 35.4 Å². The molecule has 3 rings (SSSR count). The van der Waals surface area contributed by atoms with E-state index in [4.69, 9.17) is 0 Å². The van der Waals surface area contributed by atoms with E-state index in [0.29, 0.717) is 0 Å². The summed E-state index contributed by atoms with van der Waals surface area (Å²) in [6.45, 7) is 1.88. The highest BCUT2D eigenvalue weighted by Crippen LogP contribution is 2.32. The standard InChI is InChI=1S/C16H16N2O2/c1-10(17-18-16(19)20-2)13-9-8-12-7-6-11-4-3-5-14(13)15(11)12/h3-5,8-9H,6-7H2,1-2H3,(H,18,19). The van der Waals surface area contributed by atoms with Crippen LogP contribution in [0.25, 0.3) is 10.8 Å². The molecule has 0 spiro atoms. The van der Waals surface area contributed by atoms with Crippen molar-refractivity contribution in [1.29, 1.82) is 0 Å². The Morgan fingerprint density at radius 3 is 2.70 bits per heavy atom. The molecule has 0 aliphatic heterocycles. The third-order valence-electron chi connectivity index (χ3n) is 3.77. The van der Waals surface area contributed by atoms with Gasteiger partial charge in [-0.15, -0.1) is 0 Å². The van der Waals surface area contributed by atoms with Crippen LogP contribution in [0.4, 0.5) is 4.79 Å². The number of hydrazone groups is 1. The van der Waals surface area contributed by atoms with Crippen LogP contribution in [-0.2, 0) is 17.6 Å². The van der Waals surface area contributed by atoms with E-state index in [-0.39, 0.29) is 0 Å². The van der Waals surface area contributed by atoms with Gasteiger partial charge in [-0.2, -0.15) is 5.10 Å². The fraction of sp³-hybridized carbons (Fsp3) is 0.250. The molecule has 1 aliphatic rings. The smallest absolute Gasteiger partial charge is 0.427 e. The molecule has 1 N–H and O–H groups in total. The number of benzene rings is 2. The first kappa shape index (κ1) is 12.7. The number of nitrogens with one attached hydrogen (secondary N) is 1. The number of aryl methyl sites for hydroxylation is 2. The van der Waals surface area contributed by atoms with E-state index in [1.165, 1.54) is 29.0 Å². The van der Waals surface area contributed by atoms with Gasteiger partial charge in [0.05, 0.1) is 12.8 Å². The molecule has 102 valence electrons. The number of nitrogens with zero attached hydrogens (tertiary/aromatic N) is 1. The minimum atomic E-state index is -0.560. The predicted octanol–water partition coefficient (Wildman–Crippen LogP) is 3.02. The molecule has 1 aliphatic carbocycles. The molecule has 4 nitrogen and oxygen atoms in total. The van der Waals surface area contributed by atoms with Gasteiger partial charge in [-0.1, -0.05) is 30.3 Å². The Morgan fingerprint density at radius 1 is 1.20 bits per heavy atom. The highest BCUT2D eigenvalue weighted by atomic mass is 16.5. The topological polar surface area (TPSA) is 50.7 Å². The van der Waals surface area contributed by atoms with Crippen molar-refractivity contribution in [3.05, 3.63) is 47.0 Å². The van der Waals surface area contributed by atoms with E-state index in [1.807, 2.05) is 6.92 Å². The molecular weight excluding hydrogens is 252 g/mol. The fourth-order valence-electron chi connectivity index (χ4n) is 2.80. The molecule has 0 unspecified atom stereocenters. The summed E-state index contributed by atoms with van der Waals surface area (Å²) in [5.74, 6) is 0.